The van der Waals surface area contributed by atoms with Crippen LogP contribution in [0.25, 0.3) is 10.9 Å². The Bertz CT molecular complexity index is 3420. The number of carboxylic acids is 1. The number of nitrogens with one attached hydrogen (secondary N) is 12. The number of aliphatic hydroxyl groups is 1. The third-order valence-corrected chi connectivity index (χ3v) is 17.2. The molecule has 34 nitrogen and oxygen atoms in total. The summed E-state index contributed by atoms with van der Waals surface area (Å²) >= 11 is 8.55. The summed E-state index contributed by atoms with van der Waals surface area (Å²) in [4.78, 5) is 189. The van der Waals surface area contributed by atoms with E-state index in [0.29, 0.717) is 47.1 Å². The second kappa shape index (κ2) is 38.0. The minimum absolute atomic E-state index is 0.00727. The summed E-state index contributed by atoms with van der Waals surface area (Å²) in [5, 5.41) is 44.3. The van der Waals surface area contributed by atoms with Gasteiger partial charge in [-0.15, -0.1) is 0 Å². The number of H-pyrrole nitrogens is 3. The molecule has 11 atom stereocenters. The summed E-state index contributed by atoms with van der Waals surface area (Å²) in [5.41, 5.74) is 19.7. The number of fused-ring (bicyclic) bond motifs is 1. The van der Waals surface area contributed by atoms with E-state index in [2.05, 4.69) is 103 Å². The largest absolute Gasteiger partial charge is 0.480 e. The quantitative estimate of drug-likeness (QED) is 0.00881. The fourth-order valence-corrected chi connectivity index (χ4v) is 12.0. The van der Waals surface area contributed by atoms with Gasteiger partial charge < -0.3 is 100 Å². The Morgan fingerprint density at radius 2 is 1.11 bits per heavy atom. The number of guanidine groups is 1. The maximum atomic E-state index is 14.8. The van der Waals surface area contributed by atoms with E-state index in [1.54, 1.807) is 58.2 Å². The van der Waals surface area contributed by atoms with Crippen molar-refractivity contribution < 1.29 is 67.7 Å². The topological polar surface area (TPSA) is 524 Å². The van der Waals surface area contributed by atoms with E-state index >= 15 is 0 Å². The van der Waals surface area contributed by atoms with Gasteiger partial charge in [0.05, 0.1) is 31.8 Å². The molecule has 11 amide bonds. The molecule has 0 radical (unpaired) electrons. The van der Waals surface area contributed by atoms with Crippen molar-refractivity contribution in [1.29, 1.82) is 0 Å². The van der Waals surface area contributed by atoms with Crippen LogP contribution in [0.5, 0.6) is 0 Å². The molecular weight excluding hydrogens is 1310 g/mol. The first-order valence-corrected chi connectivity index (χ1v) is 33.6. The van der Waals surface area contributed by atoms with Gasteiger partial charge in [-0.3, -0.25) is 57.7 Å². The van der Waals surface area contributed by atoms with Crippen LogP contribution in [0.1, 0.15) is 96.0 Å². The number of benzene rings is 1. The van der Waals surface area contributed by atoms with Gasteiger partial charge >= 0.3 is 5.97 Å². The van der Waals surface area contributed by atoms with E-state index in [1.165, 1.54) is 34.8 Å². The number of likely N-dealkylation sites (tertiary alicyclic amines) is 2. The Balaban J connectivity index is 1.13. The molecule has 2 aliphatic rings. The molecule has 2 saturated heterocycles. The SMILES string of the molecule is CC(C)CC(NC(=O)C(CS)NC(=O)C1CCCN1C(=O)C(CCCN=C(N)N)NC(=O)C(CC(C)C)NC(=O)C(Cc1c[nH]c2ccccc12)NC(=O)C(CO)NC(=O)CNC(=O)C(CS)NC(=O)C1CCCN1C(=O)C(N)Cc1cnc[nH]1)C(=O)NC(Cc1cnc[nH]1)C(=O)O. The number of hydrogen-bond donors (Lipinski definition) is 19. The van der Waals surface area contributed by atoms with Crippen LogP contribution in [0, 0.1) is 11.8 Å². The number of nitrogens with two attached hydrogens (primary N) is 3. The predicted octanol–water partition coefficient (Wildman–Crippen LogP) is -3.97. The van der Waals surface area contributed by atoms with Crippen molar-refractivity contribution in [3.63, 3.8) is 0 Å². The lowest BCUT2D eigenvalue weighted by Gasteiger charge is -2.31. The molecule has 11 unspecified atom stereocenters. The Hall–Kier alpha value is -9.29. The number of thiol groups is 2. The molecule has 2 fully saturated rings. The van der Waals surface area contributed by atoms with Gasteiger partial charge in [-0.2, -0.15) is 25.3 Å². The van der Waals surface area contributed by atoms with Crippen molar-refractivity contribution in [3.8, 4) is 0 Å². The summed E-state index contributed by atoms with van der Waals surface area (Å²) in [6.07, 6.45) is 8.63. The predicted molar refractivity (Wildman–Crippen MR) is 364 cm³/mol. The molecule has 3 aromatic heterocycles. The van der Waals surface area contributed by atoms with Crippen molar-refractivity contribution in [2.45, 2.75) is 165 Å². The van der Waals surface area contributed by atoms with Crippen LogP contribution in [-0.4, -0.2) is 233 Å². The summed E-state index contributed by atoms with van der Waals surface area (Å²) in [6, 6.07) is -7.14. The molecule has 5 heterocycles. The van der Waals surface area contributed by atoms with Gasteiger partial charge in [0.2, 0.25) is 65.0 Å². The average molecular weight is 1410 g/mol. The lowest BCUT2D eigenvalue weighted by Crippen LogP contribution is -2.61. The van der Waals surface area contributed by atoms with E-state index in [-0.39, 0.29) is 100 Å². The number of para-hydroxylation sites is 1. The Kier molecular flexibility index (Phi) is 30.1. The Morgan fingerprint density at radius 3 is 1.64 bits per heavy atom. The molecule has 536 valence electrons. The highest BCUT2D eigenvalue weighted by Crippen LogP contribution is 2.24. The number of aliphatic hydroxyl groups excluding tert-OH is 1. The Morgan fingerprint density at radius 1 is 0.612 bits per heavy atom. The van der Waals surface area contributed by atoms with Crippen LogP contribution in [-0.2, 0) is 76.8 Å². The average Bonchev–Trinajstić information content (AvgIpc) is 1.65. The zero-order chi connectivity index (χ0) is 71.8. The van der Waals surface area contributed by atoms with Crippen LogP contribution < -0.4 is 65.1 Å². The van der Waals surface area contributed by atoms with Crippen molar-refractivity contribution in [3.05, 3.63) is 72.5 Å². The van der Waals surface area contributed by atoms with E-state index < -0.39 is 151 Å². The molecule has 36 heteroatoms. The van der Waals surface area contributed by atoms with Gasteiger partial charge in [0, 0.05) is 91.3 Å². The number of carbonyl (C=O) groups is 12. The highest BCUT2D eigenvalue weighted by Gasteiger charge is 2.42. The summed E-state index contributed by atoms with van der Waals surface area (Å²) in [6.45, 7) is 5.74. The third-order valence-electron chi connectivity index (χ3n) is 16.4. The summed E-state index contributed by atoms with van der Waals surface area (Å²) < 4.78 is 0. The lowest BCUT2D eigenvalue weighted by atomic mass is 9.99. The lowest BCUT2D eigenvalue weighted by molar-refractivity contribution is -0.143. The first-order valence-electron chi connectivity index (χ1n) is 32.4. The van der Waals surface area contributed by atoms with Crippen LogP contribution in [0.3, 0.4) is 0 Å². The maximum Gasteiger partial charge on any atom is 0.326 e. The fraction of sp³-hybridized carbons (Fsp3) is 0.565. The van der Waals surface area contributed by atoms with Crippen molar-refractivity contribution in [1.82, 2.24) is 82.6 Å². The molecule has 0 aliphatic carbocycles. The van der Waals surface area contributed by atoms with Crippen LogP contribution in [0.15, 0.2) is 60.5 Å². The van der Waals surface area contributed by atoms with Gasteiger partial charge in [0.1, 0.15) is 60.4 Å². The molecule has 2 aliphatic heterocycles. The normalized spacial score (nSPS) is 17.2. The van der Waals surface area contributed by atoms with E-state index in [0.717, 1.165) is 0 Å². The van der Waals surface area contributed by atoms with Gasteiger partial charge in [0.25, 0.3) is 0 Å². The number of carbonyl (C=O) groups excluding carboxylic acids is 11. The number of aliphatic imine (C=N–C) groups is 1. The van der Waals surface area contributed by atoms with E-state index in [9.17, 15) is 67.7 Å². The first-order chi connectivity index (χ1) is 46.7. The van der Waals surface area contributed by atoms with Gasteiger partial charge in [0.15, 0.2) is 5.96 Å². The number of amides is 11. The standard InChI is InChI=1S/C62H92N20O14S2/c1-32(2)18-41(52(86)74-40(12-7-15-68-62(64)65)60(94)82-17-9-14-49(82)58(92)80-47(29-98)56(90)76-42(19-33(3)4)53(87)78-44(61(95)96)22-36-25-67-31-72-36)75-54(88)43(20-34-23-69-39-11-6-5-10-37(34)39)77-55(89)45(27-83)73-50(84)26-70-51(85)46(28-97)79-57(91)48-13-8-16-81(48)59(93)38(63)21-35-24-66-30-71-35/h5-6,10-11,23-25,30-33,38,40-49,69,83,97-98H,7-9,12-22,26-29,63H2,1-4H3,(H,66,71)(H,67,72)(H,70,85)(H,73,84)(H,74,86)(H,75,88)(H,76,90)(H,77,89)(H,78,87)(H,79,91)(H,80,92)(H,95,96)(H4,64,65,68). The molecule has 1 aromatic carbocycles. The molecule has 20 N–H and O–H groups in total. The highest BCUT2D eigenvalue weighted by atomic mass is 32.1. The number of rotatable bonds is 38. The first kappa shape index (κ1) is 77.7. The second-order valence-electron chi connectivity index (χ2n) is 25.0. The minimum atomic E-state index is -1.71. The van der Waals surface area contributed by atoms with E-state index in [1.807, 2.05) is 0 Å². The third kappa shape index (κ3) is 22.9. The summed E-state index contributed by atoms with van der Waals surface area (Å²) in [7, 11) is 0. The smallest absolute Gasteiger partial charge is 0.326 e. The number of imidazole rings is 2. The van der Waals surface area contributed by atoms with Crippen LogP contribution in [0.4, 0.5) is 0 Å². The van der Waals surface area contributed by atoms with Gasteiger partial charge in [-0.1, -0.05) is 45.9 Å². The number of aromatic nitrogens is 5. The monoisotopic (exact) mass is 1400 g/mol. The Labute approximate surface area is 576 Å². The molecule has 0 spiro atoms. The molecule has 0 saturated carbocycles. The number of nitrogens with zero attached hydrogens (tertiary/aromatic N) is 5. The number of hydrogen-bond acceptors (Lipinski definition) is 19. The molecule has 98 heavy (non-hydrogen) atoms. The fourth-order valence-electron chi connectivity index (χ4n) is 11.5. The van der Waals surface area contributed by atoms with Crippen molar-refractivity contribution >= 4 is 113 Å². The number of carboxylic acid groups (broad SMARTS) is 1. The molecule has 4 aromatic rings. The van der Waals surface area contributed by atoms with Crippen LogP contribution >= 0.6 is 25.3 Å². The van der Waals surface area contributed by atoms with Gasteiger partial charge in [-0.05, 0) is 74.8 Å². The maximum absolute atomic E-state index is 14.8. The number of aliphatic carboxylic acids is 1. The van der Waals surface area contributed by atoms with Crippen LogP contribution in [0.2, 0.25) is 0 Å². The van der Waals surface area contributed by atoms with E-state index in [4.69, 9.17) is 17.2 Å². The van der Waals surface area contributed by atoms with Gasteiger partial charge in [-0.25, -0.2) is 14.8 Å². The molecule has 0 bridgehead atoms. The summed E-state index contributed by atoms with van der Waals surface area (Å²) in [5.74, 6) is -11.2. The van der Waals surface area contributed by atoms with Crippen molar-refractivity contribution in [2.75, 3.05) is 44.3 Å². The zero-order valence-corrected chi connectivity index (χ0v) is 56.9. The van der Waals surface area contributed by atoms with Crippen molar-refractivity contribution in [2.24, 2.45) is 34.0 Å². The number of aromatic amines is 3. The second-order valence-corrected chi connectivity index (χ2v) is 25.7. The minimum Gasteiger partial charge on any atom is -0.480 e. The highest BCUT2D eigenvalue weighted by molar-refractivity contribution is 7.80. The molecular formula is C62H92N20O14S2. The molecule has 6 rings (SSSR count). The zero-order valence-electron chi connectivity index (χ0n) is 55.1.